The maximum atomic E-state index is 12.1. The van der Waals surface area contributed by atoms with E-state index in [0.717, 1.165) is 15.7 Å². The smallest absolute Gasteiger partial charge is 0.274 e. The van der Waals surface area contributed by atoms with E-state index in [2.05, 4.69) is 20.9 Å². The van der Waals surface area contributed by atoms with Gasteiger partial charge in [0.2, 0.25) is 0 Å². The van der Waals surface area contributed by atoms with Crippen molar-refractivity contribution < 1.29 is 4.79 Å². The standard InChI is InChI=1S/C13H13BrN2O/c1-9-5-6-12(10(14)8-9)16(2)13(17)11-4-3-7-15-11/h3-8,15H,1-2H3. The third kappa shape index (κ3) is 2.42. The average molecular weight is 293 g/mol. The lowest BCUT2D eigenvalue weighted by atomic mass is 10.2. The van der Waals surface area contributed by atoms with Gasteiger partial charge in [0.25, 0.3) is 5.91 Å². The fraction of sp³-hybridized carbons (Fsp3) is 0.154. The predicted octanol–water partition coefficient (Wildman–Crippen LogP) is 3.36. The maximum absolute atomic E-state index is 12.1. The van der Waals surface area contributed by atoms with E-state index in [9.17, 15) is 4.79 Å². The third-order valence-electron chi connectivity index (χ3n) is 2.60. The molecule has 0 bridgehead atoms. The molecule has 4 heteroatoms. The number of aryl methyl sites for hydroxylation is 1. The number of nitrogens with one attached hydrogen (secondary N) is 1. The summed E-state index contributed by atoms with van der Waals surface area (Å²) in [7, 11) is 1.76. The Balaban J connectivity index is 2.31. The van der Waals surface area contributed by atoms with Gasteiger partial charge in [0.1, 0.15) is 5.69 Å². The van der Waals surface area contributed by atoms with Crippen molar-refractivity contribution >= 4 is 27.5 Å². The van der Waals surface area contributed by atoms with E-state index in [4.69, 9.17) is 0 Å². The molecule has 2 rings (SSSR count). The first kappa shape index (κ1) is 11.9. The summed E-state index contributed by atoms with van der Waals surface area (Å²) in [6, 6.07) is 9.48. The van der Waals surface area contributed by atoms with Gasteiger partial charge < -0.3 is 9.88 Å². The van der Waals surface area contributed by atoms with Gasteiger partial charge in [-0.15, -0.1) is 0 Å². The van der Waals surface area contributed by atoms with Crippen molar-refractivity contribution in [3.8, 4) is 0 Å². The van der Waals surface area contributed by atoms with Gasteiger partial charge in [-0.1, -0.05) is 6.07 Å². The van der Waals surface area contributed by atoms with E-state index in [-0.39, 0.29) is 5.91 Å². The summed E-state index contributed by atoms with van der Waals surface area (Å²) in [5, 5.41) is 0. The number of aromatic nitrogens is 1. The van der Waals surface area contributed by atoms with Crippen LogP contribution in [0.2, 0.25) is 0 Å². The zero-order valence-corrected chi connectivity index (χ0v) is 11.3. The molecule has 2 aromatic rings. The van der Waals surface area contributed by atoms with Gasteiger partial charge in [0, 0.05) is 17.7 Å². The van der Waals surface area contributed by atoms with Crippen LogP contribution in [0.1, 0.15) is 16.1 Å². The number of aromatic amines is 1. The Morgan fingerprint density at radius 1 is 1.35 bits per heavy atom. The number of nitrogens with zero attached hydrogens (tertiary/aromatic N) is 1. The second-order valence-corrected chi connectivity index (χ2v) is 4.76. The molecule has 0 spiro atoms. The van der Waals surface area contributed by atoms with Gasteiger partial charge in [-0.3, -0.25) is 4.79 Å². The minimum atomic E-state index is -0.0560. The molecule has 1 amide bonds. The molecule has 88 valence electrons. The van der Waals surface area contributed by atoms with E-state index >= 15 is 0 Å². The first-order chi connectivity index (χ1) is 8.09. The Kier molecular flexibility index (Phi) is 3.33. The second-order valence-electron chi connectivity index (χ2n) is 3.90. The number of benzene rings is 1. The molecule has 0 atom stereocenters. The topological polar surface area (TPSA) is 36.1 Å². The lowest BCUT2D eigenvalue weighted by Gasteiger charge is -2.18. The van der Waals surface area contributed by atoms with Crippen molar-refractivity contribution in [2.45, 2.75) is 6.92 Å². The number of carbonyl (C=O) groups is 1. The molecule has 1 aromatic heterocycles. The molecule has 0 unspecified atom stereocenters. The first-order valence-electron chi connectivity index (χ1n) is 5.27. The minimum absolute atomic E-state index is 0.0560. The summed E-state index contributed by atoms with van der Waals surface area (Å²) >= 11 is 3.48. The molecule has 0 aliphatic rings. The van der Waals surface area contributed by atoms with Crippen LogP contribution < -0.4 is 4.90 Å². The molecule has 17 heavy (non-hydrogen) atoms. The lowest BCUT2D eigenvalue weighted by Crippen LogP contribution is -2.26. The molecule has 0 fully saturated rings. The van der Waals surface area contributed by atoms with Gasteiger partial charge in [0.05, 0.1) is 5.69 Å². The molecule has 1 heterocycles. The molecule has 1 N–H and O–H groups in total. The van der Waals surface area contributed by atoms with E-state index < -0.39 is 0 Å². The average Bonchev–Trinajstić information content (AvgIpc) is 2.80. The van der Waals surface area contributed by atoms with Crippen molar-refractivity contribution in [1.29, 1.82) is 0 Å². The van der Waals surface area contributed by atoms with Crippen molar-refractivity contribution in [1.82, 2.24) is 4.98 Å². The Bertz CT molecular complexity index is 534. The summed E-state index contributed by atoms with van der Waals surface area (Å²) in [6.45, 7) is 2.02. The van der Waals surface area contributed by atoms with Crippen LogP contribution in [0.5, 0.6) is 0 Å². The summed E-state index contributed by atoms with van der Waals surface area (Å²) in [4.78, 5) is 16.6. The fourth-order valence-corrected chi connectivity index (χ4v) is 2.40. The number of rotatable bonds is 2. The molecule has 0 aliphatic carbocycles. The number of anilines is 1. The van der Waals surface area contributed by atoms with Gasteiger partial charge in [-0.05, 0) is 52.7 Å². The minimum Gasteiger partial charge on any atom is -0.357 e. The Morgan fingerprint density at radius 2 is 2.12 bits per heavy atom. The molecule has 0 radical (unpaired) electrons. The zero-order valence-electron chi connectivity index (χ0n) is 9.70. The normalized spacial score (nSPS) is 10.3. The van der Waals surface area contributed by atoms with E-state index in [0.29, 0.717) is 5.69 Å². The fourth-order valence-electron chi connectivity index (χ4n) is 1.64. The van der Waals surface area contributed by atoms with Crippen LogP contribution >= 0.6 is 15.9 Å². The summed E-state index contributed by atoms with van der Waals surface area (Å²) in [5.41, 5.74) is 2.59. The number of hydrogen-bond donors (Lipinski definition) is 1. The van der Waals surface area contributed by atoms with Crippen LogP contribution in [0.3, 0.4) is 0 Å². The molecular weight excluding hydrogens is 280 g/mol. The van der Waals surface area contributed by atoms with Crippen LogP contribution in [0, 0.1) is 6.92 Å². The van der Waals surface area contributed by atoms with Crippen molar-refractivity contribution in [2.24, 2.45) is 0 Å². The molecule has 0 aliphatic heterocycles. The van der Waals surface area contributed by atoms with Crippen LogP contribution in [0.4, 0.5) is 5.69 Å². The Labute approximate surface area is 109 Å². The van der Waals surface area contributed by atoms with E-state index in [1.165, 1.54) is 0 Å². The lowest BCUT2D eigenvalue weighted by molar-refractivity contribution is 0.0988. The van der Waals surface area contributed by atoms with Gasteiger partial charge in [0.15, 0.2) is 0 Å². The van der Waals surface area contributed by atoms with Crippen LogP contribution in [0.25, 0.3) is 0 Å². The summed E-state index contributed by atoms with van der Waals surface area (Å²) in [6.07, 6.45) is 1.74. The second kappa shape index (κ2) is 4.75. The predicted molar refractivity (Wildman–Crippen MR) is 72.4 cm³/mol. The summed E-state index contributed by atoms with van der Waals surface area (Å²) < 4.78 is 0.917. The third-order valence-corrected chi connectivity index (χ3v) is 3.23. The van der Waals surface area contributed by atoms with E-state index in [1.54, 1.807) is 24.2 Å². The zero-order chi connectivity index (χ0) is 12.4. The van der Waals surface area contributed by atoms with Crippen molar-refractivity contribution in [3.63, 3.8) is 0 Å². The van der Waals surface area contributed by atoms with E-state index in [1.807, 2.05) is 31.2 Å². The monoisotopic (exact) mass is 292 g/mol. The highest BCUT2D eigenvalue weighted by molar-refractivity contribution is 9.10. The number of hydrogen-bond acceptors (Lipinski definition) is 1. The Hall–Kier alpha value is -1.55. The largest absolute Gasteiger partial charge is 0.357 e. The van der Waals surface area contributed by atoms with Gasteiger partial charge in [-0.25, -0.2) is 0 Å². The first-order valence-corrected chi connectivity index (χ1v) is 6.06. The molecule has 0 saturated heterocycles. The quantitative estimate of drug-likeness (QED) is 0.905. The number of H-pyrrole nitrogens is 1. The molecular formula is C13H13BrN2O. The maximum Gasteiger partial charge on any atom is 0.274 e. The highest BCUT2D eigenvalue weighted by atomic mass is 79.9. The van der Waals surface area contributed by atoms with Crippen molar-refractivity contribution in [2.75, 3.05) is 11.9 Å². The number of halogens is 1. The SMILES string of the molecule is Cc1ccc(N(C)C(=O)c2ccc[nH]2)c(Br)c1. The molecule has 1 aromatic carbocycles. The number of amides is 1. The van der Waals surface area contributed by atoms with Gasteiger partial charge in [-0.2, -0.15) is 0 Å². The molecule has 0 saturated carbocycles. The number of carbonyl (C=O) groups excluding carboxylic acids is 1. The van der Waals surface area contributed by atoms with Gasteiger partial charge >= 0.3 is 0 Å². The summed E-state index contributed by atoms with van der Waals surface area (Å²) in [5.74, 6) is -0.0560. The van der Waals surface area contributed by atoms with Crippen LogP contribution in [-0.2, 0) is 0 Å². The van der Waals surface area contributed by atoms with Crippen LogP contribution in [-0.4, -0.2) is 17.9 Å². The molecule has 3 nitrogen and oxygen atoms in total. The highest BCUT2D eigenvalue weighted by Gasteiger charge is 2.15. The van der Waals surface area contributed by atoms with Crippen molar-refractivity contribution in [3.05, 3.63) is 52.3 Å². The van der Waals surface area contributed by atoms with Crippen LogP contribution in [0.15, 0.2) is 41.0 Å². The Morgan fingerprint density at radius 3 is 2.71 bits per heavy atom. The highest BCUT2D eigenvalue weighted by Crippen LogP contribution is 2.27.